The number of benzene rings is 2. The fourth-order valence-electron chi connectivity index (χ4n) is 4.92. The van der Waals surface area contributed by atoms with Gasteiger partial charge in [0.05, 0.1) is 47.0 Å². The fourth-order valence-corrected chi connectivity index (χ4v) is 5.97. The van der Waals surface area contributed by atoms with E-state index in [-0.39, 0.29) is 46.1 Å². The summed E-state index contributed by atoms with van der Waals surface area (Å²) >= 11 is 0. The van der Waals surface area contributed by atoms with Crippen molar-refractivity contribution in [3.63, 3.8) is 0 Å². The van der Waals surface area contributed by atoms with Gasteiger partial charge in [0.1, 0.15) is 28.5 Å². The van der Waals surface area contributed by atoms with E-state index in [1.165, 1.54) is 19.2 Å². The third kappa shape index (κ3) is 7.49. The van der Waals surface area contributed by atoms with E-state index in [4.69, 9.17) is 4.74 Å². The van der Waals surface area contributed by atoms with Gasteiger partial charge in [-0.3, -0.25) is 4.79 Å². The minimum atomic E-state index is -4.52. The molecule has 1 fully saturated rings. The van der Waals surface area contributed by atoms with Crippen molar-refractivity contribution >= 4 is 42.7 Å². The summed E-state index contributed by atoms with van der Waals surface area (Å²) in [4.78, 5) is 19.3. The van der Waals surface area contributed by atoms with Crippen molar-refractivity contribution in [2.24, 2.45) is 5.92 Å². The predicted molar refractivity (Wildman–Crippen MR) is 154 cm³/mol. The molecule has 1 aromatic heterocycles. The number of carbonyl (C=O) groups is 1. The number of rotatable bonds is 7. The van der Waals surface area contributed by atoms with Gasteiger partial charge in [-0.05, 0) is 38.1 Å². The maximum Gasteiger partial charge on any atom is 0.406 e. The molecule has 9 nitrogen and oxygen atoms in total. The molecule has 3 aromatic rings. The Hall–Kier alpha value is -3.61. The lowest BCUT2D eigenvalue weighted by Crippen LogP contribution is -2.60. The molecule has 0 spiro atoms. The molecule has 2 heterocycles. The topological polar surface area (TPSA) is 106 Å². The summed E-state index contributed by atoms with van der Waals surface area (Å²) in [5.41, 5.74) is 0.664. The van der Waals surface area contributed by atoms with Crippen LogP contribution in [-0.2, 0) is 16.4 Å². The SMILES string of the molecule is COc1cc(S(C)(=O)=O)c(F)cc1NCC#Cc1cc(C(=O)N[C@]2([Si])CCN(C)C[C@@H]2C)c2ncn(CC(F)(F)F)c2c1. The summed E-state index contributed by atoms with van der Waals surface area (Å²) in [5.74, 6) is 4.26. The first-order valence-electron chi connectivity index (χ1n) is 13.1. The number of nitrogens with one attached hydrogen (secondary N) is 2. The molecule has 0 saturated carbocycles. The van der Waals surface area contributed by atoms with Crippen LogP contribution in [0, 0.1) is 23.6 Å². The Labute approximate surface area is 250 Å². The highest BCUT2D eigenvalue weighted by Crippen LogP contribution is 2.31. The van der Waals surface area contributed by atoms with E-state index in [2.05, 4.69) is 42.6 Å². The maximum atomic E-state index is 14.4. The van der Waals surface area contributed by atoms with Gasteiger partial charge in [-0.2, -0.15) is 13.2 Å². The molecule has 0 aliphatic carbocycles. The number of ether oxygens (including phenoxy) is 1. The summed E-state index contributed by atoms with van der Waals surface area (Å²) in [6.07, 6.45) is -2.00. The predicted octanol–water partition coefficient (Wildman–Crippen LogP) is 3.18. The number of piperidine rings is 1. The highest BCUT2D eigenvalue weighted by Gasteiger charge is 2.37. The molecule has 0 unspecified atom stereocenters. The maximum absolute atomic E-state index is 14.4. The van der Waals surface area contributed by atoms with Crippen LogP contribution in [0.4, 0.5) is 23.2 Å². The smallest absolute Gasteiger partial charge is 0.406 e. The van der Waals surface area contributed by atoms with Crippen LogP contribution in [0.5, 0.6) is 5.75 Å². The molecule has 2 aromatic carbocycles. The number of anilines is 1. The standard InChI is InChI=1S/C28H30F4N5O4SSi/c1-17-14-36(2)9-7-27(17,43)35-26(38)19-10-18(11-22-25(19)34-16-37(22)15-28(30,31)32)6-5-8-33-21-12-20(29)24(42(4,39)40)13-23(21)41-3/h10-13,16-17,33H,7-9,14-15H2,1-4H3,(H,35,38)/t17-,27-/m0/s1. The highest BCUT2D eigenvalue weighted by atomic mass is 32.2. The minimum absolute atomic E-state index is 0.0347. The van der Waals surface area contributed by atoms with Crippen LogP contribution in [-0.4, -0.2) is 90.4 Å². The van der Waals surface area contributed by atoms with Crippen LogP contribution in [0.1, 0.15) is 29.3 Å². The Morgan fingerprint density at radius 3 is 2.63 bits per heavy atom. The van der Waals surface area contributed by atoms with E-state index < -0.39 is 44.3 Å². The summed E-state index contributed by atoms with van der Waals surface area (Å²) in [6, 6.07) is 4.91. The molecule has 4 rings (SSSR count). The molecule has 0 bridgehead atoms. The van der Waals surface area contributed by atoms with Gasteiger partial charge in [0.25, 0.3) is 5.91 Å². The number of hydrogen-bond acceptors (Lipinski definition) is 7. The van der Waals surface area contributed by atoms with Crippen molar-refractivity contribution in [2.75, 3.05) is 45.4 Å². The number of hydrogen-bond donors (Lipinski definition) is 2. The largest absolute Gasteiger partial charge is 0.495 e. The van der Waals surface area contributed by atoms with Crippen LogP contribution in [0.3, 0.4) is 0 Å². The van der Waals surface area contributed by atoms with Crippen molar-refractivity contribution in [3.05, 3.63) is 47.5 Å². The number of nitrogens with zero attached hydrogens (tertiary/aromatic N) is 3. The first kappa shape index (κ1) is 32.3. The van der Waals surface area contributed by atoms with E-state index in [1.54, 1.807) is 0 Å². The van der Waals surface area contributed by atoms with Crippen LogP contribution in [0.25, 0.3) is 11.0 Å². The Kier molecular flexibility index (Phi) is 9.15. The zero-order chi connectivity index (χ0) is 31.7. The van der Waals surface area contributed by atoms with Gasteiger partial charge < -0.3 is 24.8 Å². The average molecular weight is 637 g/mol. The number of sulfone groups is 1. The molecule has 1 amide bonds. The van der Waals surface area contributed by atoms with Gasteiger partial charge in [-0.15, -0.1) is 0 Å². The zero-order valence-corrected chi connectivity index (χ0v) is 25.7. The van der Waals surface area contributed by atoms with Crippen LogP contribution in [0.15, 0.2) is 35.5 Å². The van der Waals surface area contributed by atoms with Crippen molar-refractivity contribution in [2.45, 2.75) is 36.1 Å². The second kappa shape index (κ2) is 12.2. The molecule has 3 radical (unpaired) electrons. The van der Waals surface area contributed by atoms with E-state index >= 15 is 0 Å². The minimum Gasteiger partial charge on any atom is -0.495 e. The summed E-state index contributed by atoms with van der Waals surface area (Å²) in [6.45, 7) is 2.08. The summed E-state index contributed by atoms with van der Waals surface area (Å²) < 4.78 is 84.0. The monoisotopic (exact) mass is 636 g/mol. The first-order chi connectivity index (χ1) is 20.0. The third-order valence-corrected chi connectivity index (χ3v) is 9.20. The zero-order valence-electron chi connectivity index (χ0n) is 23.9. The Morgan fingerprint density at radius 1 is 1.28 bits per heavy atom. The van der Waals surface area contributed by atoms with Crippen LogP contribution < -0.4 is 15.4 Å². The number of amides is 1. The van der Waals surface area contributed by atoms with Crippen molar-refractivity contribution in [3.8, 4) is 17.6 Å². The molecular formula is C28H30F4N5O4SSi. The second-order valence-electron chi connectivity index (χ2n) is 10.6. The van der Waals surface area contributed by atoms with Gasteiger partial charge >= 0.3 is 6.18 Å². The number of carbonyl (C=O) groups excluding carboxylic acids is 1. The van der Waals surface area contributed by atoms with Crippen LogP contribution >= 0.6 is 0 Å². The number of methoxy groups -OCH3 is 1. The summed E-state index contributed by atoms with van der Waals surface area (Å²) in [7, 11) is 3.19. The molecule has 2 atom stereocenters. The molecule has 1 saturated heterocycles. The van der Waals surface area contributed by atoms with Gasteiger partial charge in [0.2, 0.25) is 0 Å². The highest BCUT2D eigenvalue weighted by molar-refractivity contribution is 7.90. The van der Waals surface area contributed by atoms with Gasteiger partial charge in [-0.1, -0.05) is 18.8 Å². The van der Waals surface area contributed by atoms with Gasteiger partial charge in [0.15, 0.2) is 9.84 Å². The van der Waals surface area contributed by atoms with Crippen molar-refractivity contribution in [1.29, 1.82) is 0 Å². The van der Waals surface area contributed by atoms with Crippen LogP contribution in [0.2, 0.25) is 0 Å². The molecule has 229 valence electrons. The number of aromatic nitrogens is 2. The molecular weight excluding hydrogens is 606 g/mol. The Balaban J connectivity index is 1.65. The molecule has 2 N–H and O–H groups in total. The molecule has 43 heavy (non-hydrogen) atoms. The Morgan fingerprint density at radius 2 is 2.00 bits per heavy atom. The lowest BCUT2D eigenvalue weighted by Gasteiger charge is -2.44. The normalized spacial score (nSPS) is 19.5. The van der Waals surface area contributed by atoms with Gasteiger partial charge in [-0.25, -0.2) is 17.8 Å². The number of likely N-dealkylation sites (tertiary alicyclic amines) is 1. The first-order valence-corrected chi connectivity index (χ1v) is 15.5. The molecule has 1 aliphatic heterocycles. The molecule has 15 heteroatoms. The fraction of sp³-hybridized carbons (Fsp3) is 0.429. The second-order valence-corrected chi connectivity index (χ2v) is 13.5. The van der Waals surface area contributed by atoms with E-state index in [9.17, 15) is 30.8 Å². The van der Waals surface area contributed by atoms with Crippen molar-refractivity contribution < 1.29 is 35.5 Å². The third-order valence-electron chi connectivity index (χ3n) is 7.22. The Bertz CT molecular complexity index is 1720. The van der Waals surface area contributed by atoms with Crippen molar-refractivity contribution in [1.82, 2.24) is 19.8 Å². The summed E-state index contributed by atoms with van der Waals surface area (Å²) in [5, 5.41) is 5.12. The lowest BCUT2D eigenvalue weighted by molar-refractivity contribution is -0.139. The molecule has 1 aliphatic rings. The number of imidazole rings is 1. The lowest BCUT2D eigenvalue weighted by atomic mass is 9.92. The number of fused-ring (bicyclic) bond motifs is 1. The average Bonchev–Trinajstić information content (AvgIpc) is 3.29. The van der Waals surface area contributed by atoms with E-state index in [0.29, 0.717) is 6.42 Å². The quantitative estimate of drug-likeness (QED) is 0.233. The number of alkyl halides is 3. The van der Waals surface area contributed by atoms with Gasteiger partial charge in [0, 0.05) is 35.7 Å². The van der Waals surface area contributed by atoms with E-state index in [1.807, 2.05) is 14.0 Å². The number of halogens is 4. The van der Waals surface area contributed by atoms with E-state index in [0.717, 1.165) is 42.4 Å².